The van der Waals surface area contributed by atoms with Gasteiger partial charge in [0.15, 0.2) is 5.11 Å². The lowest BCUT2D eigenvalue weighted by Gasteiger charge is -2.10. The third-order valence-corrected chi connectivity index (χ3v) is 2.86. The molecule has 1 amide bonds. The van der Waals surface area contributed by atoms with Crippen LogP contribution >= 0.6 is 12.2 Å². The fourth-order valence-electron chi connectivity index (χ4n) is 1.60. The van der Waals surface area contributed by atoms with Gasteiger partial charge >= 0.3 is 0 Å². The predicted octanol–water partition coefficient (Wildman–Crippen LogP) is 1.35. The van der Waals surface area contributed by atoms with Crippen LogP contribution in [0.25, 0.3) is 0 Å². The van der Waals surface area contributed by atoms with E-state index in [1.807, 2.05) is 32.0 Å². The number of thiocarbonyl (C=S) groups is 1. The smallest absolute Gasteiger partial charge is 0.253 e. The van der Waals surface area contributed by atoms with Crippen LogP contribution in [0, 0.1) is 13.8 Å². The molecule has 78 valence electrons. The summed E-state index contributed by atoms with van der Waals surface area (Å²) in [4.78, 5) is 11.5. The van der Waals surface area contributed by atoms with E-state index >= 15 is 0 Å². The van der Waals surface area contributed by atoms with E-state index in [1.54, 1.807) is 0 Å². The highest BCUT2D eigenvalue weighted by Crippen LogP contribution is 2.19. The summed E-state index contributed by atoms with van der Waals surface area (Å²) in [6.45, 7) is 4.08. The Balaban J connectivity index is 2.34. The molecule has 4 heteroatoms. The number of benzene rings is 1. The Morgan fingerprint density at radius 1 is 1.27 bits per heavy atom. The molecule has 1 aromatic carbocycles. The molecule has 0 radical (unpaired) electrons. The van der Waals surface area contributed by atoms with E-state index in [-0.39, 0.29) is 11.9 Å². The summed E-state index contributed by atoms with van der Waals surface area (Å²) in [5.41, 5.74) is 3.36. The number of carbonyl (C=O) groups excluding carboxylic acids is 1. The molecule has 0 saturated carbocycles. The summed E-state index contributed by atoms with van der Waals surface area (Å²) in [6.07, 6.45) is 0. The first-order valence-corrected chi connectivity index (χ1v) is 5.17. The zero-order valence-electron chi connectivity index (χ0n) is 8.63. The minimum Gasteiger partial charge on any atom is -0.347 e. The van der Waals surface area contributed by atoms with Crippen LogP contribution in [0.4, 0.5) is 0 Å². The molecule has 2 N–H and O–H groups in total. The van der Waals surface area contributed by atoms with Gasteiger partial charge in [-0.15, -0.1) is 0 Å². The fourth-order valence-corrected chi connectivity index (χ4v) is 1.81. The van der Waals surface area contributed by atoms with E-state index in [4.69, 9.17) is 12.2 Å². The van der Waals surface area contributed by atoms with Gasteiger partial charge in [-0.2, -0.15) is 0 Å². The first-order valence-electron chi connectivity index (χ1n) is 4.76. The summed E-state index contributed by atoms with van der Waals surface area (Å²) in [6, 6.07) is 5.64. The van der Waals surface area contributed by atoms with Gasteiger partial charge in [0.1, 0.15) is 6.04 Å². The maximum atomic E-state index is 11.5. The third-order valence-electron chi connectivity index (χ3n) is 2.64. The van der Waals surface area contributed by atoms with Crippen molar-refractivity contribution in [3.05, 3.63) is 34.9 Å². The molecule has 0 bridgehead atoms. The van der Waals surface area contributed by atoms with E-state index in [0.29, 0.717) is 5.11 Å². The molecular weight excluding hydrogens is 208 g/mol. The van der Waals surface area contributed by atoms with Gasteiger partial charge in [0.25, 0.3) is 5.91 Å². The molecule has 1 unspecified atom stereocenters. The SMILES string of the molecule is Cc1ccc(C2NC(=S)NC2=O)cc1C. The van der Waals surface area contributed by atoms with Crippen LogP contribution in [-0.2, 0) is 4.79 Å². The maximum Gasteiger partial charge on any atom is 0.253 e. The Morgan fingerprint density at radius 3 is 2.53 bits per heavy atom. The van der Waals surface area contributed by atoms with Crippen molar-refractivity contribution < 1.29 is 4.79 Å². The van der Waals surface area contributed by atoms with Gasteiger partial charge in [-0.25, -0.2) is 0 Å². The van der Waals surface area contributed by atoms with Gasteiger partial charge in [0.05, 0.1) is 0 Å². The second-order valence-electron chi connectivity index (χ2n) is 3.74. The molecule has 0 aromatic heterocycles. The lowest BCUT2D eigenvalue weighted by molar-refractivity contribution is -0.120. The van der Waals surface area contributed by atoms with Crippen LogP contribution in [0.3, 0.4) is 0 Å². The number of nitrogens with one attached hydrogen (secondary N) is 2. The summed E-state index contributed by atoms with van der Waals surface area (Å²) in [5.74, 6) is -0.0803. The molecule has 0 aliphatic carbocycles. The standard InChI is InChI=1S/C11H12N2OS/c1-6-3-4-8(5-7(6)2)9-10(14)13-11(15)12-9/h3-5,9H,1-2H3,(H2,12,13,14,15). The van der Waals surface area contributed by atoms with E-state index in [9.17, 15) is 4.79 Å². The van der Waals surface area contributed by atoms with Crippen molar-refractivity contribution in [2.75, 3.05) is 0 Å². The zero-order valence-corrected chi connectivity index (χ0v) is 9.44. The second kappa shape index (κ2) is 3.62. The van der Waals surface area contributed by atoms with Gasteiger partial charge < -0.3 is 10.6 Å². The van der Waals surface area contributed by atoms with Crippen LogP contribution in [-0.4, -0.2) is 11.0 Å². The third kappa shape index (κ3) is 1.85. The number of hydrogen-bond donors (Lipinski definition) is 2. The molecule has 1 heterocycles. The van der Waals surface area contributed by atoms with E-state index in [0.717, 1.165) is 5.56 Å². The molecule has 1 atom stereocenters. The quantitative estimate of drug-likeness (QED) is 0.702. The van der Waals surface area contributed by atoms with Crippen LogP contribution in [0.15, 0.2) is 18.2 Å². The highest BCUT2D eigenvalue weighted by atomic mass is 32.1. The number of carbonyl (C=O) groups is 1. The maximum absolute atomic E-state index is 11.5. The van der Waals surface area contributed by atoms with Crippen LogP contribution in [0.1, 0.15) is 22.7 Å². The second-order valence-corrected chi connectivity index (χ2v) is 4.15. The Hall–Kier alpha value is -1.42. The van der Waals surface area contributed by atoms with Gasteiger partial charge in [0, 0.05) is 0 Å². The van der Waals surface area contributed by atoms with E-state index in [1.165, 1.54) is 11.1 Å². The molecule has 1 saturated heterocycles. The zero-order chi connectivity index (χ0) is 11.0. The molecule has 1 aliphatic heterocycles. The summed E-state index contributed by atoms with van der Waals surface area (Å²) >= 11 is 4.89. The average Bonchev–Trinajstić information content (AvgIpc) is 2.50. The predicted molar refractivity (Wildman–Crippen MR) is 62.5 cm³/mol. The molecule has 3 nitrogen and oxygen atoms in total. The summed E-state index contributed by atoms with van der Waals surface area (Å²) in [5, 5.41) is 5.92. The fraction of sp³-hybridized carbons (Fsp3) is 0.273. The van der Waals surface area contributed by atoms with Crippen molar-refractivity contribution in [1.82, 2.24) is 10.6 Å². The van der Waals surface area contributed by atoms with Crippen molar-refractivity contribution >= 4 is 23.2 Å². The van der Waals surface area contributed by atoms with Gasteiger partial charge in [-0.1, -0.05) is 18.2 Å². The lowest BCUT2D eigenvalue weighted by atomic mass is 10.0. The minimum atomic E-state index is -0.336. The number of rotatable bonds is 1. The number of aryl methyl sites for hydroxylation is 2. The van der Waals surface area contributed by atoms with E-state index in [2.05, 4.69) is 10.6 Å². The van der Waals surface area contributed by atoms with Crippen LogP contribution < -0.4 is 10.6 Å². The average molecular weight is 220 g/mol. The number of hydrogen-bond acceptors (Lipinski definition) is 2. The van der Waals surface area contributed by atoms with Crippen molar-refractivity contribution in [2.24, 2.45) is 0 Å². The van der Waals surface area contributed by atoms with Crippen molar-refractivity contribution in [1.29, 1.82) is 0 Å². The molecule has 0 spiro atoms. The molecule has 15 heavy (non-hydrogen) atoms. The summed E-state index contributed by atoms with van der Waals surface area (Å²) < 4.78 is 0. The Bertz CT molecular complexity index is 442. The Kier molecular flexibility index (Phi) is 2.44. The first-order chi connectivity index (χ1) is 7.08. The van der Waals surface area contributed by atoms with Gasteiger partial charge in [0.2, 0.25) is 0 Å². The first kappa shape index (κ1) is 10.1. The molecule has 1 aromatic rings. The monoisotopic (exact) mass is 220 g/mol. The van der Waals surface area contributed by atoms with Crippen LogP contribution in [0.2, 0.25) is 0 Å². The Morgan fingerprint density at radius 2 is 2.00 bits per heavy atom. The van der Waals surface area contributed by atoms with Crippen molar-refractivity contribution in [3.63, 3.8) is 0 Å². The lowest BCUT2D eigenvalue weighted by Crippen LogP contribution is -2.21. The normalized spacial score (nSPS) is 20.0. The molecular formula is C11H12N2OS. The topological polar surface area (TPSA) is 41.1 Å². The Labute approximate surface area is 93.9 Å². The molecule has 1 fully saturated rings. The number of amides is 1. The minimum absolute atomic E-state index is 0.0803. The summed E-state index contributed by atoms with van der Waals surface area (Å²) in [7, 11) is 0. The highest BCUT2D eigenvalue weighted by Gasteiger charge is 2.28. The van der Waals surface area contributed by atoms with Gasteiger partial charge in [-0.3, -0.25) is 4.79 Å². The largest absolute Gasteiger partial charge is 0.347 e. The van der Waals surface area contributed by atoms with Crippen LogP contribution in [0.5, 0.6) is 0 Å². The van der Waals surface area contributed by atoms with E-state index < -0.39 is 0 Å². The van der Waals surface area contributed by atoms with Crippen molar-refractivity contribution in [2.45, 2.75) is 19.9 Å². The van der Waals surface area contributed by atoms with Gasteiger partial charge in [-0.05, 0) is 42.8 Å². The molecule has 1 aliphatic rings. The van der Waals surface area contributed by atoms with Crippen molar-refractivity contribution in [3.8, 4) is 0 Å². The molecule has 2 rings (SSSR count). The highest BCUT2D eigenvalue weighted by molar-refractivity contribution is 7.80.